The maximum absolute atomic E-state index is 13.0. The molecule has 3 amide bonds. The zero-order valence-corrected chi connectivity index (χ0v) is 19.0. The van der Waals surface area contributed by atoms with Crippen LogP contribution in [-0.4, -0.2) is 41.2 Å². The molecule has 3 rings (SSSR count). The molecule has 1 unspecified atom stereocenters. The van der Waals surface area contributed by atoms with Gasteiger partial charge in [0.05, 0.1) is 0 Å². The molecule has 7 heteroatoms. The van der Waals surface area contributed by atoms with Gasteiger partial charge in [-0.15, -0.1) is 12.4 Å². The van der Waals surface area contributed by atoms with Gasteiger partial charge < -0.3 is 16.0 Å². The van der Waals surface area contributed by atoms with Gasteiger partial charge in [0.15, 0.2) is 0 Å². The number of carbonyl (C=O) groups is 3. The highest BCUT2D eigenvalue weighted by molar-refractivity contribution is 5.92. The predicted octanol–water partition coefficient (Wildman–Crippen LogP) is 3.20. The van der Waals surface area contributed by atoms with Gasteiger partial charge in [-0.05, 0) is 42.0 Å². The second-order valence-electron chi connectivity index (χ2n) is 8.05. The van der Waals surface area contributed by atoms with Crippen molar-refractivity contribution in [2.24, 2.45) is 11.7 Å². The molecule has 1 fully saturated rings. The van der Waals surface area contributed by atoms with Gasteiger partial charge in [0, 0.05) is 18.9 Å². The largest absolute Gasteiger partial charge is 0.368 e. The molecule has 2 aromatic carbocycles. The zero-order valence-electron chi connectivity index (χ0n) is 18.2. The van der Waals surface area contributed by atoms with Crippen LogP contribution in [0.5, 0.6) is 0 Å². The first-order valence-corrected chi connectivity index (χ1v) is 10.8. The van der Waals surface area contributed by atoms with E-state index in [-0.39, 0.29) is 30.1 Å². The summed E-state index contributed by atoms with van der Waals surface area (Å²) in [5, 5.41) is 4.99. The molecule has 2 aromatic rings. The molecule has 3 N–H and O–H groups in total. The van der Waals surface area contributed by atoms with Gasteiger partial charge in [0.25, 0.3) is 0 Å². The smallest absolute Gasteiger partial charge is 0.243 e. The SMILES string of the molecule is CCC(CC)C(=O)N1CCC[C@@H]1C(=O)NC(Cc1ccc2ccccc2c1)C(N)=O.Cl. The van der Waals surface area contributed by atoms with Crippen LogP contribution in [0.2, 0.25) is 0 Å². The molecule has 0 aromatic heterocycles. The summed E-state index contributed by atoms with van der Waals surface area (Å²) in [6.45, 7) is 4.56. The van der Waals surface area contributed by atoms with Crippen LogP contribution in [0.1, 0.15) is 45.1 Å². The number of nitrogens with one attached hydrogen (secondary N) is 1. The number of fused-ring (bicyclic) bond motifs is 1. The molecule has 1 heterocycles. The highest BCUT2D eigenvalue weighted by Crippen LogP contribution is 2.23. The van der Waals surface area contributed by atoms with Crippen LogP contribution in [0.25, 0.3) is 10.8 Å². The van der Waals surface area contributed by atoms with Gasteiger partial charge >= 0.3 is 0 Å². The number of nitrogens with two attached hydrogens (primary N) is 1. The number of rotatable bonds is 8. The molecule has 1 aliphatic rings. The van der Waals surface area contributed by atoms with Crippen molar-refractivity contribution in [3.63, 3.8) is 0 Å². The minimum atomic E-state index is -0.815. The minimum absolute atomic E-state index is 0. The van der Waals surface area contributed by atoms with Crippen molar-refractivity contribution in [1.82, 2.24) is 10.2 Å². The Balaban J connectivity index is 0.00000341. The van der Waals surface area contributed by atoms with Crippen LogP contribution in [-0.2, 0) is 20.8 Å². The molecule has 2 atom stereocenters. The number of benzene rings is 2. The van der Waals surface area contributed by atoms with Crippen molar-refractivity contribution in [2.75, 3.05) is 6.54 Å². The number of halogens is 1. The van der Waals surface area contributed by atoms with Crippen molar-refractivity contribution in [3.05, 3.63) is 48.0 Å². The Labute approximate surface area is 190 Å². The van der Waals surface area contributed by atoms with Crippen LogP contribution < -0.4 is 11.1 Å². The maximum atomic E-state index is 13.0. The average Bonchev–Trinajstić information content (AvgIpc) is 3.24. The fourth-order valence-corrected chi connectivity index (χ4v) is 4.27. The van der Waals surface area contributed by atoms with E-state index in [9.17, 15) is 14.4 Å². The van der Waals surface area contributed by atoms with Crippen LogP contribution in [0.4, 0.5) is 0 Å². The summed E-state index contributed by atoms with van der Waals surface area (Å²) in [6, 6.07) is 12.6. The van der Waals surface area contributed by atoms with E-state index in [4.69, 9.17) is 5.73 Å². The van der Waals surface area contributed by atoms with Crippen LogP contribution in [0.3, 0.4) is 0 Å². The van der Waals surface area contributed by atoms with Crippen molar-refractivity contribution in [3.8, 4) is 0 Å². The third-order valence-electron chi connectivity index (χ3n) is 6.09. The van der Waals surface area contributed by atoms with E-state index in [1.165, 1.54) is 0 Å². The lowest BCUT2D eigenvalue weighted by molar-refractivity contribution is -0.142. The highest BCUT2D eigenvalue weighted by Gasteiger charge is 2.37. The van der Waals surface area contributed by atoms with Gasteiger partial charge in [-0.2, -0.15) is 0 Å². The molecule has 0 spiro atoms. The summed E-state index contributed by atoms with van der Waals surface area (Å²) in [4.78, 5) is 39.5. The molecule has 1 aliphatic heterocycles. The van der Waals surface area contributed by atoms with E-state index in [1.807, 2.05) is 56.3 Å². The van der Waals surface area contributed by atoms with E-state index in [1.54, 1.807) is 4.90 Å². The molecule has 0 radical (unpaired) electrons. The monoisotopic (exact) mass is 445 g/mol. The van der Waals surface area contributed by atoms with Gasteiger partial charge in [-0.3, -0.25) is 14.4 Å². The molecule has 168 valence electrons. The van der Waals surface area contributed by atoms with Gasteiger partial charge in [-0.25, -0.2) is 0 Å². The Morgan fingerprint density at radius 1 is 1.10 bits per heavy atom. The molecule has 0 saturated carbocycles. The average molecular weight is 446 g/mol. The number of nitrogens with zero attached hydrogens (tertiary/aromatic N) is 1. The number of likely N-dealkylation sites (tertiary alicyclic amines) is 1. The summed E-state index contributed by atoms with van der Waals surface area (Å²) < 4.78 is 0. The Morgan fingerprint density at radius 3 is 2.42 bits per heavy atom. The Bertz CT molecular complexity index is 929. The topological polar surface area (TPSA) is 92.5 Å². The molecule has 6 nitrogen and oxygen atoms in total. The first kappa shape index (κ1) is 24.7. The highest BCUT2D eigenvalue weighted by atomic mass is 35.5. The standard InChI is InChI=1S/C24H31N3O3.ClH/c1-3-17(4-2)24(30)27-13-7-10-21(27)23(29)26-20(22(25)28)15-16-11-12-18-8-5-6-9-19(18)14-16;/h5-6,8-9,11-12,14,17,20-21H,3-4,7,10,13,15H2,1-2H3,(H2,25,28)(H,26,29);1H/t20?,21-;/m1./s1. The maximum Gasteiger partial charge on any atom is 0.243 e. The van der Waals surface area contributed by atoms with E-state index >= 15 is 0 Å². The van der Waals surface area contributed by atoms with Crippen molar-refractivity contribution in [2.45, 2.75) is 58.0 Å². The molecule has 1 saturated heterocycles. The van der Waals surface area contributed by atoms with E-state index in [0.717, 1.165) is 35.6 Å². The number of hydrogen-bond acceptors (Lipinski definition) is 3. The summed E-state index contributed by atoms with van der Waals surface area (Å²) in [5.41, 5.74) is 6.52. The molecular formula is C24H32ClN3O3. The van der Waals surface area contributed by atoms with E-state index < -0.39 is 18.0 Å². The summed E-state index contributed by atoms with van der Waals surface area (Å²) in [5.74, 6) is -0.908. The van der Waals surface area contributed by atoms with Gasteiger partial charge in [0.2, 0.25) is 17.7 Å². The lowest BCUT2D eigenvalue weighted by Gasteiger charge is -2.28. The second-order valence-corrected chi connectivity index (χ2v) is 8.05. The fraction of sp³-hybridized carbons (Fsp3) is 0.458. The molecule has 0 aliphatic carbocycles. The quantitative estimate of drug-likeness (QED) is 0.653. The summed E-state index contributed by atoms with van der Waals surface area (Å²) in [6.07, 6.45) is 3.23. The minimum Gasteiger partial charge on any atom is -0.368 e. The first-order valence-electron chi connectivity index (χ1n) is 10.8. The summed E-state index contributed by atoms with van der Waals surface area (Å²) >= 11 is 0. The van der Waals surface area contributed by atoms with Gasteiger partial charge in [0.1, 0.15) is 12.1 Å². The molecular weight excluding hydrogens is 414 g/mol. The third kappa shape index (κ3) is 5.76. The number of amides is 3. The van der Waals surface area contributed by atoms with Crippen molar-refractivity contribution in [1.29, 1.82) is 0 Å². The fourth-order valence-electron chi connectivity index (χ4n) is 4.27. The zero-order chi connectivity index (χ0) is 21.7. The normalized spacial score (nSPS) is 16.7. The lowest BCUT2D eigenvalue weighted by atomic mass is 10.00. The summed E-state index contributed by atoms with van der Waals surface area (Å²) in [7, 11) is 0. The second kappa shape index (κ2) is 11.1. The van der Waals surface area contributed by atoms with Crippen molar-refractivity contribution >= 4 is 40.9 Å². The Morgan fingerprint density at radius 2 is 1.77 bits per heavy atom. The molecule has 31 heavy (non-hydrogen) atoms. The third-order valence-corrected chi connectivity index (χ3v) is 6.09. The lowest BCUT2D eigenvalue weighted by Crippen LogP contribution is -2.53. The Kier molecular flexibility index (Phi) is 8.87. The van der Waals surface area contributed by atoms with Crippen molar-refractivity contribution < 1.29 is 14.4 Å². The number of hydrogen-bond donors (Lipinski definition) is 2. The number of carbonyl (C=O) groups excluding carboxylic acids is 3. The molecule has 0 bridgehead atoms. The van der Waals surface area contributed by atoms with Crippen LogP contribution >= 0.6 is 12.4 Å². The van der Waals surface area contributed by atoms with Crippen LogP contribution in [0, 0.1) is 5.92 Å². The Hall–Kier alpha value is -2.60. The van der Waals surface area contributed by atoms with E-state index in [0.29, 0.717) is 19.4 Å². The first-order chi connectivity index (χ1) is 14.4. The van der Waals surface area contributed by atoms with Gasteiger partial charge in [-0.1, -0.05) is 56.3 Å². The number of primary amides is 1. The van der Waals surface area contributed by atoms with Crippen LogP contribution in [0.15, 0.2) is 42.5 Å². The van der Waals surface area contributed by atoms with E-state index in [2.05, 4.69) is 5.32 Å². The predicted molar refractivity (Wildman–Crippen MR) is 125 cm³/mol.